The van der Waals surface area contributed by atoms with E-state index in [0.29, 0.717) is 6.04 Å². The highest BCUT2D eigenvalue weighted by molar-refractivity contribution is 14.1. The molecule has 1 atom stereocenters. The fraction of sp³-hybridized carbons (Fsp3) is 0.600. The SMILES string of the molecule is CC(C)(C)[C@H](c1ccc(I)cc1)N1CCNCC1.Cl.Cl. The van der Waals surface area contributed by atoms with E-state index in [9.17, 15) is 0 Å². The molecule has 1 aliphatic rings. The minimum Gasteiger partial charge on any atom is -0.314 e. The van der Waals surface area contributed by atoms with Gasteiger partial charge in [0, 0.05) is 35.8 Å². The molecule has 1 aromatic carbocycles. The van der Waals surface area contributed by atoms with E-state index in [1.807, 2.05) is 0 Å². The van der Waals surface area contributed by atoms with Crippen LogP contribution in [0.2, 0.25) is 0 Å². The molecule has 1 fully saturated rings. The Kier molecular flexibility index (Phi) is 8.98. The van der Waals surface area contributed by atoms with Gasteiger partial charge < -0.3 is 5.32 Å². The fourth-order valence-electron chi connectivity index (χ4n) is 2.84. The first-order valence-electron chi connectivity index (χ1n) is 6.69. The van der Waals surface area contributed by atoms with Crippen LogP contribution < -0.4 is 5.32 Å². The van der Waals surface area contributed by atoms with Crippen LogP contribution in [-0.4, -0.2) is 31.1 Å². The van der Waals surface area contributed by atoms with Crippen LogP contribution in [0, 0.1) is 8.99 Å². The Balaban J connectivity index is 0.00000180. The van der Waals surface area contributed by atoms with Crippen molar-refractivity contribution in [3.8, 4) is 0 Å². The Bertz CT molecular complexity index is 384. The summed E-state index contributed by atoms with van der Waals surface area (Å²) >= 11 is 2.37. The summed E-state index contributed by atoms with van der Waals surface area (Å²) in [5.41, 5.74) is 1.72. The minimum atomic E-state index is 0. The van der Waals surface area contributed by atoms with Crippen molar-refractivity contribution in [2.45, 2.75) is 26.8 Å². The number of nitrogens with zero attached hydrogens (tertiary/aromatic N) is 1. The Morgan fingerprint density at radius 1 is 1.05 bits per heavy atom. The molecule has 0 saturated carbocycles. The van der Waals surface area contributed by atoms with Crippen molar-refractivity contribution in [2.24, 2.45) is 5.41 Å². The first-order valence-corrected chi connectivity index (χ1v) is 7.76. The lowest BCUT2D eigenvalue weighted by atomic mass is 9.81. The molecule has 0 aliphatic carbocycles. The molecule has 0 aromatic heterocycles. The quantitative estimate of drug-likeness (QED) is 0.709. The van der Waals surface area contributed by atoms with Gasteiger partial charge in [-0.25, -0.2) is 0 Å². The van der Waals surface area contributed by atoms with Crippen molar-refractivity contribution < 1.29 is 0 Å². The van der Waals surface area contributed by atoms with E-state index >= 15 is 0 Å². The van der Waals surface area contributed by atoms with Crippen LogP contribution in [0.4, 0.5) is 0 Å². The van der Waals surface area contributed by atoms with Gasteiger partial charge in [-0.1, -0.05) is 32.9 Å². The predicted molar refractivity (Wildman–Crippen MR) is 100 cm³/mol. The van der Waals surface area contributed by atoms with Gasteiger partial charge in [0.2, 0.25) is 0 Å². The summed E-state index contributed by atoms with van der Waals surface area (Å²) in [6, 6.07) is 9.53. The summed E-state index contributed by atoms with van der Waals surface area (Å²) in [7, 11) is 0. The summed E-state index contributed by atoms with van der Waals surface area (Å²) in [5.74, 6) is 0. The number of rotatable bonds is 2. The molecule has 2 nitrogen and oxygen atoms in total. The second kappa shape index (κ2) is 8.79. The van der Waals surface area contributed by atoms with E-state index in [4.69, 9.17) is 0 Å². The molecule has 0 amide bonds. The third kappa shape index (κ3) is 5.34. The molecule has 1 heterocycles. The van der Waals surface area contributed by atoms with Crippen molar-refractivity contribution in [1.82, 2.24) is 10.2 Å². The van der Waals surface area contributed by atoms with Crippen molar-refractivity contribution in [3.05, 3.63) is 33.4 Å². The monoisotopic (exact) mass is 430 g/mol. The summed E-state index contributed by atoms with van der Waals surface area (Å²) < 4.78 is 1.31. The average molecular weight is 431 g/mol. The van der Waals surface area contributed by atoms with Crippen LogP contribution in [-0.2, 0) is 0 Å². The lowest BCUT2D eigenvalue weighted by Gasteiger charge is -2.42. The zero-order valence-electron chi connectivity index (χ0n) is 12.4. The van der Waals surface area contributed by atoms with Gasteiger partial charge in [-0.05, 0) is 45.7 Å². The molecule has 1 aromatic rings. The second-order valence-corrected chi connectivity index (χ2v) is 7.35. The van der Waals surface area contributed by atoms with Crippen molar-refractivity contribution in [2.75, 3.05) is 26.2 Å². The third-order valence-corrected chi connectivity index (χ3v) is 4.24. The molecule has 20 heavy (non-hydrogen) atoms. The van der Waals surface area contributed by atoms with E-state index in [2.05, 4.69) is 77.8 Å². The van der Waals surface area contributed by atoms with Crippen LogP contribution in [0.25, 0.3) is 0 Å². The lowest BCUT2D eigenvalue weighted by molar-refractivity contribution is 0.0862. The van der Waals surface area contributed by atoms with E-state index in [1.54, 1.807) is 0 Å². The number of hydrogen-bond acceptors (Lipinski definition) is 2. The van der Waals surface area contributed by atoms with Crippen LogP contribution in [0.5, 0.6) is 0 Å². The van der Waals surface area contributed by atoms with Gasteiger partial charge in [0.05, 0.1) is 0 Å². The zero-order chi connectivity index (χ0) is 13.2. The van der Waals surface area contributed by atoms with Gasteiger partial charge in [0.25, 0.3) is 0 Å². The number of benzene rings is 1. The Hall–Kier alpha value is 0.450. The Labute approximate surface area is 149 Å². The summed E-state index contributed by atoms with van der Waals surface area (Å²) in [6.07, 6.45) is 0. The van der Waals surface area contributed by atoms with E-state index in [0.717, 1.165) is 26.2 Å². The molecule has 1 aliphatic heterocycles. The molecule has 0 radical (unpaired) electrons. The van der Waals surface area contributed by atoms with Gasteiger partial charge in [0.15, 0.2) is 0 Å². The Morgan fingerprint density at radius 3 is 2.00 bits per heavy atom. The largest absolute Gasteiger partial charge is 0.314 e. The third-order valence-electron chi connectivity index (χ3n) is 3.52. The zero-order valence-corrected chi connectivity index (χ0v) is 16.1. The van der Waals surface area contributed by atoms with E-state index in [-0.39, 0.29) is 30.2 Å². The molecule has 0 bridgehead atoms. The highest BCUT2D eigenvalue weighted by atomic mass is 127. The molecule has 1 N–H and O–H groups in total. The van der Waals surface area contributed by atoms with Crippen molar-refractivity contribution >= 4 is 47.4 Å². The fourth-order valence-corrected chi connectivity index (χ4v) is 3.20. The molecular formula is C15H25Cl2IN2. The molecule has 1 saturated heterocycles. The second-order valence-electron chi connectivity index (χ2n) is 6.11. The predicted octanol–water partition coefficient (Wildman–Crippen LogP) is 4.13. The van der Waals surface area contributed by atoms with Gasteiger partial charge >= 0.3 is 0 Å². The topological polar surface area (TPSA) is 15.3 Å². The van der Waals surface area contributed by atoms with Gasteiger partial charge in [-0.2, -0.15) is 0 Å². The molecular weight excluding hydrogens is 406 g/mol. The minimum absolute atomic E-state index is 0. The standard InChI is InChI=1S/C15H23IN2.2ClH/c1-15(2,3)14(18-10-8-17-9-11-18)12-4-6-13(16)7-5-12;;/h4-7,14,17H,8-11H2,1-3H3;2*1H/t14-;;/m0../s1. The van der Waals surface area contributed by atoms with Crippen molar-refractivity contribution in [3.63, 3.8) is 0 Å². The van der Waals surface area contributed by atoms with E-state index < -0.39 is 0 Å². The van der Waals surface area contributed by atoms with Crippen LogP contribution in [0.15, 0.2) is 24.3 Å². The highest BCUT2D eigenvalue weighted by Gasteiger charge is 2.32. The van der Waals surface area contributed by atoms with Crippen LogP contribution in [0.1, 0.15) is 32.4 Å². The maximum absolute atomic E-state index is 3.44. The van der Waals surface area contributed by atoms with Gasteiger partial charge in [-0.3, -0.25) is 4.90 Å². The maximum atomic E-state index is 3.44. The molecule has 116 valence electrons. The first kappa shape index (κ1) is 20.5. The van der Waals surface area contributed by atoms with Crippen LogP contribution in [0.3, 0.4) is 0 Å². The number of halogens is 3. The van der Waals surface area contributed by atoms with E-state index in [1.165, 1.54) is 9.13 Å². The average Bonchev–Trinajstić information content (AvgIpc) is 2.32. The molecule has 0 unspecified atom stereocenters. The number of hydrogen-bond donors (Lipinski definition) is 1. The van der Waals surface area contributed by atoms with Gasteiger partial charge in [0.1, 0.15) is 0 Å². The first-order chi connectivity index (χ1) is 8.48. The number of nitrogens with one attached hydrogen (secondary N) is 1. The molecule has 0 spiro atoms. The summed E-state index contributed by atoms with van der Waals surface area (Å²) in [6.45, 7) is 11.5. The Morgan fingerprint density at radius 2 is 1.55 bits per heavy atom. The maximum Gasteiger partial charge on any atom is 0.0397 e. The smallest absolute Gasteiger partial charge is 0.0397 e. The molecule has 2 rings (SSSR count). The number of piperazine rings is 1. The normalized spacial score (nSPS) is 17.8. The summed E-state index contributed by atoms with van der Waals surface area (Å²) in [4.78, 5) is 2.62. The molecule has 5 heteroatoms. The summed E-state index contributed by atoms with van der Waals surface area (Å²) in [5, 5.41) is 3.44. The highest BCUT2D eigenvalue weighted by Crippen LogP contribution is 2.38. The van der Waals surface area contributed by atoms with Crippen molar-refractivity contribution in [1.29, 1.82) is 0 Å². The van der Waals surface area contributed by atoms with Gasteiger partial charge in [-0.15, -0.1) is 24.8 Å². The lowest BCUT2D eigenvalue weighted by Crippen LogP contribution is -2.48. The van der Waals surface area contributed by atoms with Crippen LogP contribution >= 0.6 is 47.4 Å².